The second-order valence-corrected chi connectivity index (χ2v) is 7.40. The lowest BCUT2D eigenvalue weighted by molar-refractivity contribution is -0.113. The highest BCUT2D eigenvalue weighted by molar-refractivity contribution is 14.1. The van der Waals surface area contributed by atoms with Gasteiger partial charge in [-0.25, -0.2) is 0 Å². The molecule has 7 heteroatoms. The number of nitrogens with zero attached hydrogens (tertiary/aromatic N) is 1. The first kappa shape index (κ1) is 17.8. The topological polar surface area (TPSA) is 73.9 Å². The van der Waals surface area contributed by atoms with Gasteiger partial charge in [0, 0.05) is 0 Å². The van der Waals surface area contributed by atoms with Crippen LogP contribution in [0.5, 0.6) is 11.5 Å². The summed E-state index contributed by atoms with van der Waals surface area (Å²) in [5.74, 6) is 0.968. The van der Waals surface area contributed by atoms with Gasteiger partial charge >= 0.3 is 0 Å². The summed E-state index contributed by atoms with van der Waals surface area (Å²) in [6, 6.07) is 13.7. The molecule has 0 radical (unpaired) electrons. The van der Waals surface area contributed by atoms with E-state index < -0.39 is 0 Å². The van der Waals surface area contributed by atoms with E-state index in [2.05, 4.69) is 27.6 Å². The van der Waals surface area contributed by atoms with Gasteiger partial charge in [0.2, 0.25) is 0 Å². The number of rotatable bonds is 5. The van der Waals surface area contributed by atoms with Crippen molar-refractivity contribution in [1.82, 2.24) is 0 Å². The smallest absolute Gasteiger partial charge is 0.286 e. The predicted octanol–water partition coefficient (Wildman–Crippen LogP) is 3.81. The van der Waals surface area contributed by atoms with Crippen LogP contribution in [-0.4, -0.2) is 18.2 Å². The van der Waals surface area contributed by atoms with Crippen molar-refractivity contribution in [3.05, 3.63) is 62.1 Å². The van der Waals surface area contributed by atoms with E-state index in [4.69, 9.17) is 15.2 Å². The van der Waals surface area contributed by atoms with Crippen molar-refractivity contribution in [2.24, 2.45) is 10.7 Å². The summed E-state index contributed by atoms with van der Waals surface area (Å²) in [6.45, 7) is 0.451. The molecule has 0 bridgehead atoms. The molecule has 0 saturated heterocycles. The lowest BCUT2D eigenvalue weighted by atomic mass is 10.2. The Balaban J connectivity index is 1.84. The number of carbonyl (C=O) groups excluding carboxylic acids is 1. The molecule has 0 aliphatic carbocycles. The summed E-state index contributed by atoms with van der Waals surface area (Å²) >= 11 is 3.36. The van der Waals surface area contributed by atoms with Gasteiger partial charge in [-0.3, -0.25) is 4.79 Å². The predicted molar refractivity (Wildman–Crippen MR) is 109 cm³/mol. The number of amides is 1. The Hall–Kier alpha value is -2.00. The zero-order chi connectivity index (χ0) is 17.8. The fourth-order valence-corrected chi connectivity index (χ4v) is 3.73. The van der Waals surface area contributed by atoms with Gasteiger partial charge in [-0.05, 0) is 63.7 Å². The number of methoxy groups -OCH3 is 1. The maximum absolute atomic E-state index is 11.7. The monoisotopic (exact) mass is 466 g/mol. The molecular weight excluding hydrogens is 451 g/mol. The van der Waals surface area contributed by atoms with Gasteiger partial charge < -0.3 is 15.2 Å². The fraction of sp³-hybridized carbons (Fsp3) is 0.111. The summed E-state index contributed by atoms with van der Waals surface area (Å²) in [7, 11) is 1.59. The van der Waals surface area contributed by atoms with E-state index in [1.54, 1.807) is 13.2 Å². The third-order valence-corrected chi connectivity index (χ3v) is 5.03. The largest absolute Gasteiger partial charge is 0.493 e. The average molecular weight is 466 g/mol. The number of halogens is 1. The number of carbonyl (C=O) groups is 1. The third kappa shape index (κ3) is 4.35. The molecule has 2 aromatic rings. The molecule has 1 heterocycles. The molecule has 128 valence electrons. The Morgan fingerprint density at radius 1 is 1.28 bits per heavy atom. The summed E-state index contributed by atoms with van der Waals surface area (Å²) < 4.78 is 12.3. The van der Waals surface area contributed by atoms with E-state index in [9.17, 15) is 4.79 Å². The number of ether oxygens (including phenoxy) is 2. The third-order valence-electron chi connectivity index (χ3n) is 3.41. The van der Waals surface area contributed by atoms with Crippen LogP contribution in [0.3, 0.4) is 0 Å². The van der Waals surface area contributed by atoms with E-state index in [0.29, 0.717) is 23.0 Å². The second kappa shape index (κ2) is 7.92. The van der Waals surface area contributed by atoms with Crippen LogP contribution in [0.1, 0.15) is 11.1 Å². The molecule has 5 nitrogen and oxygen atoms in total. The zero-order valence-corrected chi connectivity index (χ0v) is 16.3. The van der Waals surface area contributed by atoms with Gasteiger partial charge in [0.05, 0.1) is 15.6 Å². The van der Waals surface area contributed by atoms with Gasteiger partial charge in [-0.15, -0.1) is 0 Å². The van der Waals surface area contributed by atoms with Crippen molar-refractivity contribution in [3.63, 3.8) is 0 Å². The summed E-state index contributed by atoms with van der Waals surface area (Å²) in [4.78, 5) is 15.9. The number of thioether (sulfide) groups is 1. The van der Waals surface area contributed by atoms with Crippen molar-refractivity contribution in [2.45, 2.75) is 6.61 Å². The summed E-state index contributed by atoms with van der Waals surface area (Å²) in [6.07, 6.45) is 1.75. The van der Waals surface area contributed by atoms with Crippen molar-refractivity contribution in [1.29, 1.82) is 0 Å². The molecule has 3 rings (SSSR count). The Bertz CT molecular complexity index is 866. The van der Waals surface area contributed by atoms with E-state index in [-0.39, 0.29) is 11.1 Å². The van der Waals surface area contributed by atoms with E-state index in [1.807, 2.05) is 42.5 Å². The number of benzene rings is 2. The molecular formula is C18H15IN2O3S. The first-order chi connectivity index (χ1) is 12.1. The van der Waals surface area contributed by atoms with Gasteiger partial charge in [-0.2, -0.15) is 4.99 Å². The van der Waals surface area contributed by atoms with Crippen molar-refractivity contribution in [3.8, 4) is 11.5 Å². The van der Waals surface area contributed by atoms with Crippen LogP contribution in [0.2, 0.25) is 0 Å². The first-order valence-corrected chi connectivity index (χ1v) is 9.28. The fourth-order valence-electron chi connectivity index (χ4n) is 2.27. The lowest BCUT2D eigenvalue weighted by Crippen LogP contribution is -2.01. The first-order valence-electron chi connectivity index (χ1n) is 7.39. The normalized spacial score (nSPS) is 15.4. The SMILES string of the molecule is COc1cc(/C=C2\SC(N)=NC2=O)cc(I)c1OCc1ccccc1. The van der Waals surface area contributed by atoms with Crippen LogP contribution < -0.4 is 15.2 Å². The number of amidine groups is 1. The Labute approximate surface area is 163 Å². The molecule has 2 aromatic carbocycles. The van der Waals surface area contributed by atoms with Crippen LogP contribution in [0, 0.1) is 3.57 Å². The molecule has 0 spiro atoms. The molecule has 0 unspecified atom stereocenters. The standard InChI is InChI=1S/C18H15IN2O3S/c1-23-14-8-12(9-15-17(22)21-18(20)25-15)7-13(19)16(14)24-10-11-5-3-2-4-6-11/h2-9H,10H2,1H3,(H2,20,21,22)/b15-9-. The van der Waals surface area contributed by atoms with Crippen molar-refractivity contribution >= 4 is 51.5 Å². The highest BCUT2D eigenvalue weighted by Crippen LogP contribution is 2.36. The minimum Gasteiger partial charge on any atom is -0.493 e. The number of aliphatic imine (C=N–C) groups is 1. The van der Waals surface area contributed by atoms with Crippen LogP contribution >= 0.6 is 34.4 Å². The van der Waals surface area contributed by atoms with E-state index >= 15 is 0 Å². The molecule has 2 N–H and O–H groups in total. The van der Waals surface area contributed by atoms with Gasteiger partial charge in [0.1, 0.15) is 6.61 Å². The van der Waals surface area contributed by atoms with Gasteiger partial charge in [0.25, 0.3) is 5.91 Å². The molecule has 0 saturated carbocycles. The molecule has 0 fully saturated rings. The second-order valence-electron chi connectivity index (χ2n) is 5.17. The molecule has 25 heavy (non-hydrogen) atoms. The molecule has 1 amide bonds. The lowest BCUT2D eigenvalue weighted by Gasteiger charge is -2.14. The van der Waals surface area contributed by atoms with Crippen molar-refractivity contribution < 1.29 is 14.3 Å². The Morgan fingerprint density at radius 2 is 2.04 bits per heavy atom. The summed E-state index contributed by atoms with van der Waals surface area (Å²) in [5, 5.41) is 0.265. The molecule has 0 atom stereocenters. The molecule has 1 aliphatic rings. The Morgan fingerprint density at radius 3 is 2.68 bits per heavy atom. The van der Waals surface area contributed by atoms with Crippen LogP contribution in [-0.2, 0) is 11.4 Å². The van der Waals surface area contributed by atoms with E-state index in [1.165, 1.54) is 0 Å². The maximum Gasteiger partial charge on any atom is 0.286 e. The van der Waals surface area contributed by atoms with Gasteiger partial charge in [0.15, 0.2) is 16.7 Å². The van der Waals surface area contributed by atoms with Crippen LogP contribution in [0.4, 0.5) is 0 Å². The average Bonchev–Trinajstić information content (AvgIpc) is 2.91. The van der Waals surface area contributed by atoms with E-state index in [0.717, 1.165) is 26.5 Å². The summed E-state index contributed by atoms with van der Waals surface area (Å²) in [5.41, 5.74) is 7.48. The minimum atomic E-state index is -0.319. The van der Waals surface area contributed by atoms with Crippen LogP contribution in [0.15, 0.2) is 52.4 Å². The zero-order valence-electron chi connectivity index (χ0n) is 13.4. The quantitative estimate of drug-likeness (QED) is 0.536. The molecule has 0 aromatic heterocycles. The number of nitrogens with two attached hydrogens (primary N) is 1. The van der Waals surface area contributed by atoms with Gasteiger partial charge in [-0.1, -0.05) is 30.3 Å². The van der Waals surface area contributed by atoms with Crippen LogP contribution in [0.25, 0.3) is 6.08 Å². The maximum atomic E-state index is 11.7. The Kier molecular flexibility index (Phi) is 5.64. The van der Waals surface area contributed by atoms with Crippen molar-refractivity contribution in [2.75, 3.05) is 7.11 Å². The number of hydrogen-bond donors (Lipinski definition) is 1. The number of hydrogen-bond acceptors (Lipinski definition) is 5. The highest BCUT2D eigenvalue weighted by atomic mass is 127. The highest BCUT2D eigenvalue weighted by Gasteiger charge is 2.20. The minimum absolute atomic E-state index is 0.265. The molecule has 1 aliphatic heterocycles.